The van der Waals surface area contributed by atoms with E-state index in [1.165, 1.54) is 13.2 Å². The smallest absolute Gasteiger partial charge is 0.163 e. The third kappa shape index (κ3) is 2.92. The first-order valence-electron chi connectivity index (χ1n) is 4.71. The molecule has 5 nitrogen and oxygen atoms in total. The lowest BCUT2D eigenvalue weighted by Gasteiger charge is -2.10. The van der Waals surface area contributed by atoms with E-state index in [9.17, 15) is 0 Å². The Labute approximate surface area is 109 Å². The summed E-state index contributed by atoms with van der Waals surface area (Å²) in [5.41, 5.74) is -0.0513. The molecular formula is C12H7ClN4O. The third-order valence-electron chi connectivity index (χ3n) is 2.01. The second kappa shape index (κ2) is 6.15. The molecule has 0 atom stereocenters. The van der Waals surface area contributed by atoms with Crippen LogP contribution in [0.5, 0.6) is 5.75 Å². The number of hydrogen-bond donors (Lipinski definition) is 1. The highest BCUT2D eigenvalue weighted by Crippen LogP contribution is 2.29. The second-order valence-electron chi connectivity index (χ2n) is 3.06. The first kappa shape index (κ1) is 13.4. The number of rotatable bonds is 3. The largest absolute Gasteiger partial charge is 0.495 e. The van der Waals surface area contributed by atoms with Crippen LogP contribution in [0.25, 0.3) is 0 Å². The molecule has 6 heteroatoms. The molecule has 0 unspecified atom stereocenters. The highest BCUT2D eigenvalue weighted by atomic mass is 35.5. The summed E-state index contributed by atoms with van der Waals surface area (Å²) >= 11 is 5.82. The molecule has 0 amide bonds. The molecule has 0 saturated carbocycles. The first-order valence-corrected chi connectivity index (χ1v) is 5.09. The van der Waals surface area contributed by atoms with Gasteiger partial charge in [-0.25, -0.2) is 0 Å². The summed E-state index contributed by atoms with van der Waals surface area (Å²) in [7, 11) is 1.46. The van der Waals surface area contributed by atoms with E-state index in [0.29, 0.717) is 16.5 Å². The van der Waals surface area contributed by atoms with Crippen molar-refractivity contribution in [3.63, 3.8) is 0 Å². The summed E-state index contributed by atoms with van der Waals surface area (Å²) in [5, 5.41) is 29.4. The van der Waals surface area contributed by atoms with Crippen LogP contribution in [0, 0.1) is 34.0 Å². The van der Waals surface area contributed by atoms with Crippen molar-refractivity contribution in [3.8, 4) is 24.0 Å². The van der Waals surface area contributed by atoms with Gasteiger partial charge in [0, 0.05) is 5.02 Å². The summed E-state index contributed by atoms with van der Waals surface area (Å²) < 4.78 is 5.07. The van der Waals surface area contributed by atoms with Gasteiger partial charge in [-0.15, -0.1) is 0 Å². The van der Waals surface area contributed by atoms with Gasteiger partial charge in [0.25, 0.3) is 0 Å². The van der Waals surface area contributed by atoms with Gasteiger partial charge in [-0.1, -0.05) is 11.6 Å². The predicted molar refractivity (Wildman–Crippen MR) is 65.5 cm³/mol. The number of hydrogen-bond acceptors (Lipinski definition) is 5. The Morgan fingerprint density at radius 1 is 1.22 bits per heavy atom. The first-order chi connectivity index (χ1) is 8.65. The van der Waals surface area contributed by atoms with Crippen LogP contribution in [0.3, 0.4) is 0 Å². The molecule has 1 aromatic rings. The normalized spacial score (nSPS) is 8.39. The average Bonchev–Trinajstić information content (AvgIpc) is 2.39. The minimum absolute atomic E-state index is 0.152. The Balaban J connectivity index is 3.24. The lowest BCUT2D eigenvalue weighted by molar-refractivity contribution is 0.417. The van der Waals surface area contributed by atoms with Gasteiger partial charge in [0.1, 0.15) is 29.7 Å². The highest BCUT2D eigenvalue weighted by Gasteiger charge is 2.10. The van der Waals surface area contributed by atoms with E-state index in [1.807, 2.05) is 0 Å². The molecule has 1 N–H and O–H groups in total. The number of anilines is 1. The van der Waals surface area contributed by atoms with E-state index in [1.54, 1.807) is 30.3 Å². The van der Waals surface area contributed by atoms with E-state index >= 15 is 0 Å². The molecule has 88 valence electrons. The van der Waals surface area contributed by atoms with Crippen LogP contribution in [0.4, 0.5) is 5.69 Å². The Morgan fingerprint density at radius 2 is 1.89 bits per heavy atom. The summed E-state index contributed by atoms with van der Waals surface area (Å²) in [6, 6.07) is 9.78. The van der Waals surface area contributed by atoms with Crippen molar-refractivity contribution in [2.24, 2.45) is 0 Å². The number of allylic oxidation sites excluding steroid dienone is 2. The molecule has 18 heavy (non-hydrogen) atoms. The van der Waals surface area contributed by atoms with Crippen LogP contribution >= 0.6 is 11.6 Å². The molecule has 0 bridgehead atoms. The van der Waals surface area contributed by atoms with Crippen molar-refractivity contribution >= 4 is 17.3 Å². The molecule has 0 radical (unpaired) electrons. The van der Waals surface area contributed by atoms with E-state index in [2.05, 4.69) is 5.32 Å². The summed E-state index contributed by atoms with van der Waals surface area (Å²) in [6.07, 6.45) is 0. The Kier molecular flexibility index (Phi) is 4.58. The van der Waals surface area contributed by atoms with Crippen molar-refractivity contribution in [3.05, 3.63) is 34.5 Å². The van der Waals surface area contributed by atoms with Crippen LogP contribution < -0.4 is 10.1 Å². The fourth-order valence-electron chi connectivity index (χ4n) is 1.20. The number of ether oxygens (including phenoxy) is 1. The number of nitrogens with zero attached hydrogens (tertiary/aromatic N) is 3. The van der Waals surface area contributed by atoms with Crippen LogP contribution in [-0.4, -0.2) is 7.11 Å². The molecule has 0 spiro atoms. The van der Waals surface area contributed by atoms with Crippen molar-refractivity contribution in [1.82, 2.24) is 0 Å². The monoisotopic (exact) mass is 258 g/mol. The number of nitrogens with one attached hydrogen (secondary N) is 1. The molecule has 0 aliphatic carbocycles. The van der Waals surface area contributed by atoms with Gasteiger partial charge in [0.2, 0.25) is 0 Å². The Hall–Kier alpha value is -2.68. The summed E-state index contributed by atoms with van der Waals surface area (Å²) in [6.45, 7) is 0. The zero-order chi connectivity index (χ0) is 13.5. The van der Waals surface area contributed by atoms with Gasteiger partial charge in [-0.2, -0.15) is 15.8 Å². The quantitative estimate of drug-likeness (QED) is 0.841. The Bertz CT molecular complexity index is 600. The van der Waals surface area contributed by atoms with Crippen molar-refractivity contribution in [2.75, 3.05) is 12.4 Å². The second-order valence-corrected chi connectivity index (χ2v) is 3.49. The highest BCUT2D eigenvalue weighted by molar-refractivity contribution is 6.30. The van der Waals surface area contributed by atoms with Gasteiger partial charge in [-0.3, -0.25) is 0 Å². The number of methoxy groups -OCH3 is 1. The molecule has 1 aromatic carbocycles. The lowest BCUT2D eigenvalue weighted by Crippen LogP contribution is -2.02. The third-order valence-corrected chi connectivity index (χ3v) is 2.24. The molecule has 0 aliphatic heterocycles. The van der Waals surface area contributed by atoms with Crippen LogP contribution in [0.2, 0.25) is 5.02 Å². The lowest BCUT2D eigenvalue weighted by atomic mass is 10.2. The fraction of sp³-hybridized carbons (Fsp3) is 0.0833. The van der Waals surface area contributed by atoms with Crippen molar-refractivity contribution in [2.45, 2.75) is 0 Å². The SMILES string of the molecule is COc1ccc(Cl)cc1NC(C#N)=C(C#N)C#N. The zero-order valence-electron chi connectivity index (χ0n) is 9.36. The maximum atomic E-state index is 8.91. The van der Waals surface area contributed by atoms with Crippen molar-refractivity contribution < 1.29 is 4.74 Å². The van der Waals surface area contributed by atoms with E-state index < -0.39 is 0 Å². The number of nitriles is 3. The number of halogens is 1. The Morgan fingerprint density at radius 3 is 2.39 bits per heavy atom. The van der Waals surface area contributed by atoms with E-state index in [-0.39, 0.29) is 11.3 Å². The minimum Gasteiger partial charge on any atom is -0.495 e. The average molecular weight is 259 g/mol. The predicted octanol–water partition coefficient (Wildman–Crippen LogP) is 2.59. The zero-order valence-corrected chi connectivity index (χ0v) is 10.1. The molecular weight excluding hydrogens is 252 g/mol. The van der Waals surface area contributed by atoms with Gasteiger partial charge in [-0.05, 0) is 18.2 Å². The van der Waals surface area contributed by atoms with Gasteiger partial charge >= 0.3 is 0 Å². The summed E-state index contributed by atoms with van der Waals surface area (Å²) in [5.74, 6) is 0.447. The van der Waals surface area contributed by atoms with Crippen LogP contribution in [0.15, 0.2) is 29.5 Å². The molecule has 1 rings (SSSR count). The molecule has 0 aliphatic rings. The fourth-order valence-corrected chi connectivity index (χ4v) is 1.37. The topological polar surface area (TPSA) is 92.6 Å². The van der Waals surface area contributed by atoms with Gasteiger partial charge < -0.3 is 10.1 Å². The maximum Gasteiger partial charge on any atom is 0.163 e. The summed E-state index contributed by atoms with van der Waals surface area (Å²) in [4.78, 5) is 0. The number of benzene rings is 1. The van der Waals surface area contributed by atoms with Gasteiger partial charge in [0.15, 0.2) is 5.57 Å². The molecule has 0 aromatic heterocycles. The maximum absolute atomic E-state index is 8.91. The van der Waals surface area contributed by atoms with Crippen LogP contribution in [0.1, 0.15) is 0 Å². The van der Waals surface area contributed by atoms with Crippen LogP contribution in [-0.2, 0) is 0 Å². The molecule has 0 fully saturated rings. The van der Waals surface area contributed by atoms with Crippen molar-refractivity contribution in [1.29, 1.82) is 15.8 Å². The van der Waals surface area contributed by atoms with E-state index in [4.69, 9.17) is 32.1 Å². The molecule has 0 heterocycles. The standard InChI is InChI=1S/C12H7ClN4O/c1-18-12-3-2-9(13)4-10(12)17-11(7-16)8(5-14)6-15/h2-4,17H,1H3. The molecule has 0 saturated heterocycles. The van der Waals surface area contributed by atoms with Gasteiger partial charge in [0.05, 0.1) is 12.8 Å². The minimum atomic E-state index is -0.306. The van der Waals surface area contributed by atoms with E-state index in [0.717, 1.165) is 0 Å².